The first-order valence-electron chi connectivity index (χ1n) is 8.94. The first-order chi connectivity index (χ1) is 13.8. The van der Waals surface area contributed by atoms with Gasteiger partial charge in [0, 0.05) is 15.8 Å². The normalized spacial score (nSPS) is 23.7. The van der Waals surface area contributed by atoms with Crippen LogP contribution in [0, 0.1) is 5.92 Å². The molecule has 1 aliphatic carbocycles. The number of thiophene rings is 1. The highest BCUT2D eigenvalue weighted by molar-refractivity contribution is 7.91. The van der Waals surface area contributed by atoms with Gasteiger partial charge in [0.25, 0.3) is 10.0 Å². The van der Waals surface area contributed by atoms with E-state index in [0.717, 1.165) is 27.3 Å². The Kier molecular flexibility index (Phi) is 5.02. The Morgan fingerprint density at radius 1 is 1.07 bits per heavy atom. The van der Waals surface area contributed by atoms with Crippen LogP contribution in [-0.2, 0) is 14.8 Å². The van der Waals surface area contributed by atoms with Crippen LogP contribution in [0.3, 0.4) is 0 Å². The Balaban J connectivity index is 1.64. The zero-order chi connectivity index (χ0) is 20.8. The maximum absolute atomic E-state index is 13.0. The van der Waals surface area contributed by atoms with Gasteiger partial charge in [-0.05, 0) is 41.3 Å². The predicted molar refractivity (Wildman–Crippen MR) is 114 cm³/mol. The van der Waals surface area contributed by atoms with Gasteiger partial charge in [0.15, 0.2) is 0 Å². The van der Waals surface area contributed by atoms with E-state index in [9.17, 15) is 18.3 Å². The van der Waals surface area contributed by atoms with Crippen molar-refractivity contribution in [2.24, 2.45) is 5.92 Å². The molecule has 0 radical (unpaired) electrons. The van der Waals surface area contributed by atoms with E-state index in [1.807, 2.05) is 42.5 Å². The lowest BCUT2D eigenvalue weighted by Gasteiger charge is -2.15. The predicted octanol–water partition coefficient (Wildman–Crippen LogP) is 4.60. The van der Waals surface area contributed by atoms with E-state index in [1.54, 1.807) is 25.1 Å². The lowest BCUT2D eigenvalue weighted by Crippen LogP contribution is -2.45. The molecule has 0 saturated heterocycles. The highest BCUT2D eigenvalue weighted by Gasteiger charge is 2.70. The SMILES string of the molecule is C[C@@H]1[C@@H](c2ccccc2)[C@@]1(NS(=O)(=O)c1ccc(-c2ccc(Cl)cc2)s1)C(=O)O. The van der Waals surface area contributed by atoms with Crippen molar-refractivity contribution in [1.82, 2.24) is 4.72 Å². The largest absolute Gasteiger partial charge is 0.480 e. The van der Waals surface area contributed by atoms with Gasteiger partial charge in [-0.3, -0.25) is 4.79 Å². The highest BCUT2D eigenvalue weighted by atomic mass is 35.5. The van der Waals surface area contributed by atoms with Crippen LogP contribution in [0.25, 0.3) is 10.4 Å². The van der Waals surface area contributed by atoms with Gasteiger partial charge in [0.1, 0.15) is 9.75 Å². The molecule has 0 unspecified atom stereocenters. The quantitative estimate of drug-likeness (QED) is 0.578. The molecule has 150 valence electrons. The fourth-order valence-corrected chi connectivity index (χ4v) is 6.70. The number of hydrogen-bond donors (Lipinski definition) is 2. The molecule has 2 aromatic carbocycles. The lowest BCUT2D eigenvalue weighted by atomic mass is 10.1. The van der Waals surface area contributed by atoms with Crippen molar-refractivity contribution >= 4 is 38.9 Å². The van der Waals surface area contributed by atoms with Crippen molar-refractivity contribution in [1.29, 1.82) is 0 Å². The molecule has 0 spiro atoms. The van der Waals surface area contributed by atoms with Crippen LogP contribution in [0.4, 0.5) is 0 Å². The molecule has 2 N–H and O–H groups in total. The number of hydrogen-bond acceptors (Lipinski definition) is 4. The number of carboxylic acids is 1. The van der Waals surface area contributed by atoms with E-state index >= 15 is 0 Å². The Hall–Kier alpha value is -2.19. The summed E-state index contributed by atoms with van der Waals surface area (Å²) in [5, 5.41) is 10.5. The summed E-state index contributed by atoms with van der Waals surface area (Å²) in [7, 11) is -4.01. The Labute approximate surface area is 178 Å². The highest BCUT2D eigenvalue weighted by Crippen LogP contribution is 2.58. The van der Waals surface area contributed by atoms with E-state index in [-0.39, 0.29) is 10.1 Å². The van der Waals surface area contributed by atoms with Crippen LogP contribution in [0.5, 0.6) is 0 Å². The maximum Gasteiger partial charge on any atom is 0.325 e. The number of aliphatic carboxylic acids is 1. The third-order valence-electron chi connectivity index (χ3n) is 5.39. The molecule has 3 aromatic rings. The molecule has 8 heteroatoms. The Morgan fingerprint density at radius 3 is 2.34 bits per heavy atom. The third kappa shape index (κ3) is 3.48. The second-order valence-electron chi connectivity index (χ2n) is 7.08. The summed E-state index contributed by atoms with van der Waals surface area (Å²) in [5.74, 6) is -1.96. The van der Waals surface area contributed by atoms with Crippen molar-refractivity contribution in [2.75, 3.05) is 0 Å². The zero-order valence-electron chi connectivity index (χ0n) is 15.4. The number of carboxylic acid groups (broad SMARTS) is 1. The first-order valence-corrected chi connectivity index (χ1v) is 11.6. The van der Waals surface area contributed by atoms with E-state index in [1.165, 1.54) is 6.07 Å². The lowest BCUT2D eigenvalue weighted by molar-refractivity contribution is -0.140. The van der Waals surface area contributed by atoms with E-state index in [0.29, 0.717) is 5.02 Å². The van der Waals surface area contributed by atoms with E-state index in [2.05, 4.69) is 4.72 Å². The summed E-state index contributed by atoms with van der Waals surface area (Å²) in [4.78, 5) is 12.9. The van der Waals surface area contributed by atoms with Crippen LogP contribution in [0.2, 0.25) is 5.02 Å². The molecule has 4 rings (SSSR count). The van der Waals surface area contributed by atoms with Crippen LogP contribution < -0.4 is 4.72 Å². The van der Waals surface area contributed by atoms with Gasteiger partial charge in [-0.2, -0.15) is 4.72 Å². The number of halogens is 1. The van der Waals surface area contributed by atoms with Crippen molar-refractivity contribution in [3.63, 3.8) is 0 Å². The molecule has 3 atom stereocenters. The average molecular weight is 448 g/mol. The molecule has 5 nitrogen and oxygen atoms in total. The van der Waals surface area contributed by atoms with Gasteiger partial charge in [-0.1, -0.05) is 61.0 Å². The molecule has 1 aliphatic rings. The minimum absolute atomic E-state index is 0.0778. The Morgan fingerprint density at radius 2 is 1.72 bits per heavy atom. The third-order valence-corrected chi connectivity index (χ3v) is 8.75. The second kappa shape index (κ2) is 7.25. The number of rotatable bonds is 6. The standard InChI is InChI=1S/C21H18ClNO4S2/c1-13-19(15-5-3-2-4-6-15)21(13,20(24)25)23-29(26,27)18-12-11-17(28-18)14-7-9-16(22)10-8-14/h2-13,19,23H,1H3,(H,24,25)/t13-,19+,21-/m1/s1. The molecule has 1 aromatic heterocycles. The van der Waals surface area contributed by atoms with E-state index < -0.39 is 27.4 Å². The molecule has 1 saturated carbocycles. The minimum atomic E-state index is -4.01. The summed E-state index contributed by atoms with van der Waals surface area (Å²) in [5.41, 5.74) is 0.0961. The van der Waals surface area contributed by atoms with Crippen molar-refractivity contribution in [2.45, 2.75) is 22.6 Å². The van der Waals surface area contributed by atoms with Crippen molar-refractivity contribution in [3.8, 4) is 10.4 Å². The van der Waals surface area contributed by atoms with Crippen LogP contribution in [0.1, 0.15) is 18.4 Å². The molecule has 0 bridgehead atoms. The fraction of sp³-hybridized carbons (Fsp3) is 0.190. The van der Waals surface area contributed by atoms with Crippen LogP contribution in [0.15, 0.2) is 70.9 Å². The monoisotopic (exact) mass is 447 g/mol. The van der Waals surface area contributed by atoms with E-state index in [4.69, 9.17) is 11.6 Å². The van der Waals surface area contributed by atoms with Gasteiger partial charge in [-0.25, -0.2) is 8.42 Å². The van der Waals surface area contributed by atoms with Gasteiger partial charge >= 0.3 is 5.97 Å². The summed E-state index contributed by atoms with van der Waals surface area (Å²) in [6, 6.07) is 19.4. The fourth-order valence-electron chi connectivity index (χ4n) is 3.81. The van der Waals surface area contributed by atoms with Crippen LogP contribution >= 0.6 is 22.9 Å². The number of benzene rings is 2. The van der Waals surface area contributed by atoms with Gasteiger partial charge in [-0.15, -0.1) is 11.3 Å². The molecule has 1 heterocycles. The smallest absolute Gasteiger partial charge is 0.325 e. The zero-order valence-corrected chi connectivity index (χ0v) is 17.8. The number of carbonyl (C=O) groups is 1. The summed E-state index contributed by atoms with van der Waals surface area (Å²) >= 11 is 7.00. The summed E-state index contributed by atoms with van der Waals surface area (Å²) in [6.07, 6.45) is 0. The number of sulfonamides is 1. The minimum Gasteiger partial charge on any atom is -0.480 e. The second-order valence-corrected chi connectivity index (χ2v) is 10.5. The first kappa shape index (κ1) is 20.1. The van der Waals surface area contributed by atoms with Gasteiger partial charge < -0.3 is 5.11 Å². The van der Waals surface area contributed by atoms with Crippen molar-refractivity contribution in [3.05, 3.63) is 77.3 Å². The Bertz CT molecular complexity index is 1160. The molecule has 0 amide bonds. The molecular weight excluding hydrogens is 430 g/mol. The van der Waals surface area contributed by atoms with Crippen molar-refractivity contribution < 1.29 is 18.3 Å². The topological polar surface area (TPSA) is 83.5 Å². The molecule has 29 heavy (non-hydrogen) atoms. The van der Waals surface area contributed by atoms with Gasteiger partial charge in [0.2, 0.25) is 0 Å². The summed E-state index contributed by atoms with van der Waals surface area (Å²) < 4.78 is 28.6. The molecule has 0 aliphatic heterocycles. The van der Waals surface area contributed by atoms with Crippen LogP contribution in [-0.4, -0.2) is 25.0 Å². The molecule has 1 fully saturated rings. The summed E-state index contributed by atoms with van der Waals surface area (Å²) in [6.45, 7) is 1.75. The average Bonchev–Trinajstić information content (AvgIpc) is 3.05. The molecular formula is C21H18ClNO4S2. The van der Waals surface area contributed by atoms with Gasteiger partial charge in [0.05, 0.1) is 0 Å². The maximum atomic E-state index is 13.0. The number of nitrogens with one attached hydrogen (secondary N) is 1.